The maximum absolute atomic E-state index is 12.2. The van der Waals surface area contributed by atoms with Gasteiger partial charge in [0.05, 0.1) is 5.39 Å². The highest BCUT2D eigenvalue weighted by molar-refractivity contribution is 7.18. The van der Waals surface area contributed by atoms with E-state index < -0.39 is 0 Å². The fourth-order valence-corrected chi connectivity index (χ4v) is 3.47. The van der Waals surface area contributed by atoms with Crippen LogP contribution in [0, 0.1) is 13.8 Å². The lowest BCUT2D eigenvalue weighted by molar-refractivity contribution is -0.121. The van der Waals surface area contributed by atoms with Crippen molar-refractivity contribution >= 4 is 39.9 Å². The smallest absolute Gasteiger partial charge is 0.259 e. The molecule has 0 aromatic carbocycles. The average molecular weight is 373 g/mol. The number of nitrogens with one attached hydrogen (secondary N) is 3. The average Bonchev–Trinajstić information content (AvgIpc) is 2.78. The molecule has 2 aromatic rings. The maximum Gasteiger partial charge on any atom is 0.259 e. The van der Waals surface area contributed by atoms with Crippen LogP contribution in [0.3, 0.4) is 0 Å². The van der Waals surface area contributed by atoms with E-state index in [4.69, 9.17) is 0 Å². The fourth-order valence-electron chi connectivity index (χ4n) is 2.43. The Bertz CT molecular complexity index is 756. The number of rotatable bonds is 7. The molecule has 0 radical (unpaired) electrons. The third-order valence-electron chi connectivity index (χ3n) is 3.83. The number of H-pyrrole nitrogens is 1. The predicted octanol–water partition coefficient (Wildman–Crippen LogP) is 2.07. The van der Waals surface area contributed by atoms with E-state index in [1.54, 1.807) is 0 Å². The van der Waals surface area contributed by atoms with Crippen molar-refractivity contribution in [2.75, 3.05) is 13.1 Å². The summed E-state index contributed by atoms with van der Waals surface area (Å²) in [5, 5.41) is 6.79. The van der Waals surface area contributed by atoms with Crippen LogP contribution in [0.5, 0.6) is 0 Å². The molecule has 2 aromatic heterocycles. The summed E-state index contributed by atoms with van der Waals surface area (Å²) in [4.78, 5) is 33.2. The molecule has 1 atom stereocenters. The second-order valence-corrected chi connectivity index (χ2v) is 6.94. The monoisotopic (exact) mass is 372 g/mol. The normalized spacial score (nSPS) is 12.0. The zero-order chi connectivity index (χ0) is 17.0. The van der Waals surface area contributed by atoms with Crippen LogP contribution < -0.4 is 16.2 Å². The first-order chi connectivity index (χ1) is 10.9. The Labute approximate surface area is 151 Å². The zero-order valence-corrected chi connectivity index (χ0v) is 16.1. The fraction of sp³-hybridized carbons (Fsp3) is 0.562. The first kappa shape index (κ1) is 20.6. The van der Waals surface area contributed by atoms with Crippen LogP contribution in [0.1, 0.15) is 36.5 Å². The minimum absolute atomic E-state index is 0. The lowest BCUT2D eigenvalue weighted by Crippen LogP contribution is -2.38. The summed E-state index contributed by atoms with van der Waals surface area (Å²) in [6.45, 7) is 9.45. The van der Waals surface area contributed by atoms with Crippen LogP contribution in [-0.2, 0) is 11.2 Å². The first-order valence-corrected chi connectivity index (χ1v) is 8.73. The van der Waals surface area contributed by atoms with Gasteiger partial charge in [-0.05, 0) is 32.9 Å². The summed E-state index contributed by atoms with van der Waals surface area (Å²) >= 11 is 1.52. The van der Waals surface area contributed by atoms with Crippen molar-refractivity contribution in [3.8, 4) is 0 Å². The number of halogens is 1. The van der Waals surface area contributed by atoms with Crippen LogP contribution in [0.2, 0.25) is 0 Å². The molecule has 134 valence electrons. The van der Waals surface area contributed by atoms with Crippen molar-refractivity contribution in [3.05, 3.63) is 26.6 Å². The molecule has 24 heavy (non-hydrogen) atoms. The Morgan fingerprint density at radius 3 is 2.75 bits per heavy atom. The minimum atomic E-state index is -0.118. The number of fused-ring (bicyclic) bond motifs is 1. The number of amides is 1. The molecule has 2 heterocycles. The van der Waals surface area contributed by atoms with Crippen LogP contribution in [-0.4, -0.2) is 35.0 Å². The summed E-state index contributed by atoms with van der Waals surface area (Å²) in [6, 6.07) is 0.246. The van der Waals surface area contributed by atoms with Crippen molar-refractivity contribution in [2.24, 2.45) is 0 Å². The minimum Gasteiger partial charge on any atom is -0.355 e. The van der Waals surface area contributed by atoms with Gasteiger partial charge in [0, 0.05) is 30.3 Å². The molecule has 0 bridgehead atoms. The van der Waals surface area contributed by atoms with Crippen LogP contribution >= 0.6 is 23.7 Å². The summed E-state index contributed by atoms with van der Waals surface area (Å²) in [5.74, 6) is 0.537. The maximum atomic E-state index is 12.2. The molecule has 1 amide bonds. The number of aromatic nitrogens is 2. The summed E-state index contributed by atoms with van der Waals surface area (Å²) in [5.41, 5.74) is 0.869. The molecule has 0 spiro atoms. The molecular weight excluding hydrogens is 348 g/mol. The molecule has 0 saturated carbocycles. The van der Waals surface area contributed by atoms with Crippen LogP contribution in [0.25, 0.3) is 10.2 Å². The lowest BCUT2D eigenvalue weighted by Gasteiger charge is -2.13. The third-order valence-corrected chi connectivity index (χ3v) is 4.94. The highest BCUT2D eigenvalue weighted by Gasteiger charge is 2.12. The zero-order valence-electron chi connectivity index (χ0n) is 14.5. The highest BCUT2D eigenvalue weighted by atomic mass is 35.5. The quantitative estimate of drug-likeness (QED) is 0.694. The van der Waals surface area contributed by atoms with Gasteiger partial charge in [-0.3, -0.25) is 9.59 Å². The molecule has 3 N–H and O–H groups in total. The molecule has 8 heteroatoms. The van der Waals surface area contributed by atoms with Crippen LogP contribution in [0.15, 0.2) is 4.79 Å². The van der Waals surface area contributed by atoms with E-state index in [0.717, 1.165) is 21.8 Å². The summed E-state index contributed by atoms with van der Waals surface area (Å²) < 4.78 is 0. The van der Waals surface area contributed by atoms with E-state index in [-0.39, 0.29) is 29.9 Å². The van der Waals surface area contributed by atoms with E-state index in [1.807, 2.05) is 27.7 Å². The molecule has 0 saturated heterocycles. The number of hydrogen-bond donors (Lipinski definition) is 3. The van der Waals surface area contributed by atoms with E-state index in [0.29, 0.717) is 30.6 Å². The number of aromatic amines is 1. The largest absolute Gasteiger partial charge is 0.355 e. The SMILES string of the molecule is CCN[C@H](C)CNC(=O)CCc1nc2sc(C)c(C)c2c(=O)[nH]1.Cl. The van der Waals surface area contributed by atoms with Gasteiger partial charge in [-0.1, -0.05) is 6.92 Å². The standard InChI is InChI=1S/C16H24N4O2S.ClH/c1-5-17-9(2)8-18-13(21)7-6-12-19-15(22)14-10(3)11(4)23-16(14)20-12;/h9,17H,5-8H2,1-4H3,(H,18,21)(H,19,20,22);1H/t9-;/m1./s1. The Morgan fingerprint density at radius 1 is 1.38 bits per heavy atom. The Balaban J connectivity index is 0.00000288. The van der Waals surface area contributed by atoms with E-state index in [9.17, 15) is 9.59 Å². The van der Waals surface area contributed by atoms with Gasteiger partial charge < -0.3 is 15.6 Å². The first-order valence-electron chi connectivity index (χ1n) is 7.91. The van der Waals surface area contributed by atoms with Crippen LogP contribution in [0.4, 0.5) is 0 Å². The van der Waals surface area contributed by atoms with Crippen molar-refractivity contribution in [1.29, 1.82) is 0 Å². The molecule has 6 nitrogen and oxygen atoms in total. The van der Waals surface area contributed by atoms with Crippen molar-refractivity contribution in [1.82, 2.24) is 20.6 Å². The molecule has 0 fully saturated rings. The van der Waals surface area contributed by atoms with Gasteiger partial charge >= 0.3 is 0 Å². The van der Waals surface area contributed by atoms with Gasteiger partial charge in [0.15, 0.2) is 0 Å². The summed E-state index contributed by atoms with van der Waals surface area (Å²) in [7, 11) is 0. The topological polar surface area (TPSA) is 86.9 Å². The number of likely N-dealkylation sites (N-methyl/N-ethyl adjacent to an activating group) is 1. The molecule has 0 aliphatic carbocycles. The van der Waals surface area contributed by atoms with Crippen molar-refractivity contribution in [2.45, 2.75) is 46.6 Å². The second-order valence-electron chi connectivity index (χ2n) is 5.74. The molecular formula is C16H25ClN4O2S. The second kappa shape index (κ2) is 9.15. The third kappa shape index (κ3) is 5.03. The molecule has 0 aliphatic rings. The van der Waals surface area contributed by atoms with Gasteiger partial charge in [0.2, 0.25) is 5.91 Å². The van der Waals surface area contributed by atoms with Crippen molar-refractivity contribution in [3.63, 3.8) is 0 Å². The van der Waals surface area contributed by atoms with Gasteiger partial charge in [-0.25, -0.2) is 4.98 Å². The van der Waals surface area contributed by atoms with Gasteiger partial charge in [0.1, 0.15) is 10.7 Å². The predicted molar refractivity (Wildman–Crippen MR) is 101 cm³/mol. The lowest BCUT2D eigenvalue weighted by atomic mass is 10.2. The van der Waals surface area contributed by atoms with Gasteiger partial charge in [-0.2, -0.15) is 0 Å². The Kier molecular flexibility index (Phi) is 7.86. The number of aryl methyl sites for hydroxylation is 3. The van der Waals surface area contributed by atoms with Crippen molar-refractivity contribution < 1.29 is 4.79 Å². The van der Waals surface area contributed by atoms with Gasteiger partial charge in [0.25, 0.3) is 5.56 Å². The number of carbonyl (C=O) groups excluding carboxylic acids is 1. The van der Waals surface area contributed by atoms with E-state index in [1.165, 1.54) is 11.3 Å². The Morgan fingerprint density at radius 2 is 2.08 bits per heavy atom. The summed E-state index contributed by atoms with van der Waals surface area (Å²) in [6.07, 6.45) is 0.749. The molecule has 2 rings (SSSR count). The number of carbonyl (C=O) groups is 1. The number of nitrogens with zero attached hydrogens (tertiary/aromatic N) is 1. The molecule has 0 aliphatic heterocycles. The number of hydrogen-bond acceptors (Lipinski definition) is 5. The molecule has 0 unspecified atom stereocenters. The highest BCUT2D eigenvalue weighted by Crippen LogP contribution is 2.25. The van der Waals surface area contributed by atoms with E-state index >= 15 is 0 Å². The number of thiophene rings is 1. The Hall–Kier alpha value is -1.44. The van der Waals surface area contributed by atoms with Gasteiger partial charge in [-0.15, -0.1) is 23.7 Å². The van der Waals surface area contributed by atoms with E-state index in [2.05, 4.69) is 20.6 Å².